The molecule has 0 unspecified atom stereocenters. The number of rotatable bonds is 2. The molecule has 2 aromatic carbocycles. The van der Waals surface area contributed by atoms with Gasteiger partial charge in [-0.25, -0.2) is 9.38 Å². The van der Waals surface area contributed by atoms with Gasteiger partial charge in [-0.1, -0.05) is 23.7 Å². The molecule has 3 nitrogen and oxygen atoms in total. The molecule has 26 heavy (non-hydrogen) atoms. The molecule has 9 heteroatoms. The van der Waals surface area contributed by atoms with E-state index in [0.29, 0.717) is 10.5 Å². The Morgan fingerprint density at radius 1 is 1.12 bits per heavy atom. The second kappa shape index (κ2) is 7.13. The lowest BCUT2D eigenvalue weighted by molar-refractivity contribution is -0.137. The minimum absolute atomic E-state index is 0.00700. The largest absolute Gasteiger partial charge is 0.417 e. The molecule has 1 heterocycles. The third-order valence-electron chi connectivity index (χ3n) is 3.30. The number of halogens is 5. The average Bonchev–Trinajstić information content (AvgIpc) is 2.90. The Kier molecular flexibility index (Phi) is 5.06. The first-order chi connectivity index (χ1) is 12.2. The van der Waals surface area contributed by atoms with Crippen LogP contribution < -0.4 is 5.32 Å². The van der Waals surface area contributed by atoms with Crippen LogP contribution >= 0.6 is 23.4 Å². The third kappa shape index (κ3) is 4.25. The smallest absolute Gasteiger partial charge is 0.300 e. The van der Waals surface area contributed by atoms with E-state index < -0.39 is 28.5 Å². The molecule has 1 amide bonds. The van der Waals surface area contributed by atoms with Crippen LogP contribution in [-0.2, 0) is 11.0 Å². The van der Waals surface area contributed by atoms with Gasteiger partial charge in [-0.2, -0.15) is 13.2 Å². The second-order valence-electron chi connectivity index (χ2n) is 5.20. The van der Waals surface area contributed by atoms with Crippen molar-refractivity contribution >= 4 is 46.2 Å². The van der Waals surface area contributed by atoms with Crippen LogP contribution in [0.1, 0.15) is 11.1 Å². The van der Waals surface area contributed by atoms with Crippen LogP contribution in [0.25, 0.3) is 6.08 Å². The molecule has 1 saturated heterocycles. The molecule has 0 radical (unpaired) electrons. The van der Waals surface area contributed by atoms with Gasteiger partial charge in [0.1, 0.15) is 5.82 Å². The molecule has 1 fully saturated rings. The number of thioether (sulfide) groups is 1. The van der Waals surface area contributed by atoms with Crippen LogP contribution in [0.15, 0.2) is 52.4 Å². The standard InChI is InChI=1S/C17H9ClF4N2OS/c18-13-6-5-11(8-12(13)17(20,21)22)23-16-24-15(25)14(26-16)7-9-1-3-10(19)4-2-9/h1-8H,(H,23,24,25). The number of nitrogens with zero attached hydrogens (tertiary/aromatic N) is 1. The van der Waals surface area contributed by atoms with Crippen LogP contribution in [0.4, 0.5) is 23.2 Å². The number of alkyl halides is 3. The van der Waals surface area contributed by atoms with E-state index >= 15 is 0 Å². The molecule has 0 bridgehead atoms. The molecule has 1 aliphatic rings. The lowest BCUT2D eigenvalue weighted by atomic mass is 10.2. The van der Waals surface area contributed by atoms with Crippen molar-refractivity contribution in [3.8, 4) is 0 Å². The van der Waals surface area contributed by atoms with Gasteiger partial charge in [0.25, 0.3) is 5.91 Å². The van der Waals surface area contributed by atoms with E-state index in [0.717, 1.165) is 23.9 Å². The van der Waals surface area contributed by atoms with Crippen LogP contribution in [0.2, 0.25) is 5.02 Å². The highest BCUT2D eigenvalue weighted by Gasteiger charge is 2.33. The lowest BCUT2D eigenvalue weighted by Crippen LogP contribution is -2.19. The van der Waals surface area contributed by atoms with E-state index in [1.165, 1.54) is 36.4 Å². The first kappa shape index (κ1) is 18.5. The fourth-order valence-electron chi connectivity index (χ4n) is 2.11. The minimum Gasteiger partial charge on any atom is -0.300 e. The molecular formula is C17H9ClF4N2OS. The van der Waals surface area contributed by atoms with Gasteiger partial charge in [0.2, 0.25) is 0 Å². The van der Waals surface area contributed by atoms with E-state index in [9.17, 15) is 22.4 Å². The van der Waals surface area contributed by atoms with Gasteiger partial charge in [0.05, 0.1) is 21.2 Å². The summed E-state index contributed by atoms with van der Waals surface area (Å²) in [5.41, 5.74) is -0.388. The van der Waals surface area contributed by atoms with Crippen molar-refractivity contribution < 1.29 is 22.4 Å². The highest BCUT2D eigenvalue weighted by molar-refractivity contribution is 8.18. The zero-order valence-electron chi connectivity index (χ0n) is 12.8. The summed E-state index contributed by atoms with van der Waals surface area (Å²) in [5, 5.41) is 2.18. The molecule has 1 aliphatic heterocycles. The van der Waals surface area contributed by atoms with E-state index in [-0.39, 0.29) is 10.9 Å². The molecular weight excluding hydrogens is 392 g/mol. The normalized spacial score (nSPS) is 17.8. The zero-order chi connectivity index (χ0) is 18.9. The van der Waals surface area contributed by atoms with Crippen molar-refractivity contribution in [2.75, 3.05) is 0 Å². The molecule has 0 saturated carbocycles. The zero-order valence-corrected chi connectivity index (χ0v) is 14.3. The Bertz CT molecular complexity index is 923. The van der Waals surface area contributed by atoms with E-state index in [1.807, 2.05) is 0 Å². The summed E-state index contributed by atoms with van der Waals surface area (Å²) in [6, 6.07) is 8.74. The topological polar surface area (TPSA) is 41.5 Å². The number of hydrogen-bond donors (Lipinski definition) is 1. The van der Waals surface area contributed by atoms with Crippen molar-refractivity contribution in [2.24, 2.45) is 4.99 Å². The summed E-state index contributed by atoms with van der Waals surface area (Å²) in [5.74, 6) is -0.843. The summed E-state index contributed by atoms with van der Waals surface area (Å²) < 4.78 is 51.6. The highest BCUT2D eigenvalue weighted by atomic mass is 35.5. The van der Waals surface area contributed by atoms with E-state index in [4.69, 9.17) is 11.6 Å². The highest BCUT2D eigenvalue weighted by Crippen LogP contribution is 2.37. The molecule has 1 N–H and O–H groups in total. The average molecular weight is 401 g/mol. The maximum absolute atomic E-state index is 12.9. The predicted octanol–water partition coefficient (Wildman–Crippen LogP) is 5.39. The first-order valence-electron chi connectivity index (χ1n) is 7.14. The van der Waals surface area contributed by atoms with Crippen molar-refractivity contribution in [1.82, 2.24) is 5.32 Å². The summed E-state index contributed by atoms with van der Waals surface area (Å²) in [6.45, 7) is 0. The van der Waals surface area contributed by atoms with Crippen LogP contribution in [0.5, 0.6) is 0 Å². The number of carbonyl (C=O) groups excluding carboxylic acids is 1. The molecule has 2 aromatic rings. The Morgan fingerprint density at radius 3 is 2.46 bits per heavy atom. The van der Waals surface area contributed by atoms with Gasteiger partial charge in [-0.15, -0.1) is 0 Å². The number of amidine groups is 1. The number of benzene rings is 2. The van der Waals surface area contributed by atoms with Gasteiger partial charge < -0.3 is 5.32 Å². The Labute approximate surface area is 154 Å². The van der Waals surface area contributed by atoms with Crippen molar-refractivity contribution in [3.05, 3.63) is 69.3 Å². The van der Waals surface area contributed by atoms with Crippen molar-refractivity contribution in [2.45, 2.75) is 6.18 Å². The monoisotopic (exact) mass is 400 g/mol. The van der Waals surface area contributed by atoms with Crippen LogP contribution in [-0.4, -0.2) is 11.1 Å². The number of amides is 1. The van der Waals surface area contributed by atoms with Crippen LogP contribution in [0, 0.1) is 5.82 Å². The number of aliphatic imine (C=N–C) groups is 1. The summed E-state index contributed by atoms with van der Waals surface area (Å²) in [4.78, 5) is 16.3. The van der Waals surface area contributed by atoms with Crippen molar-refractivity contribution in [1.29, 1.82) is 0 Å². The fraction of sp³-hybridized carbons (Fsp3) is 0.0588. The third-order valence-corrected chi connectivity index (χ3v) is 4.54. The molecule has 3 rings (SSSR count). The Morgan fingerprint density at radius 2 is 1.81 bits per heavy atom. The molecule has 0 atom stereocenters. The van der Waals surface area contributed by atoms with E-state index in [1.54, 1.807) is 0 Å². The quantitative estimate of drug-likeness (QED) is 0.542. The molecule has 134 valence electrons. The lowest BCUT2D eigenvalue weighted by Gasteiger charge is -2.09. The van der Waals surface area contributed by atoms with Crippen molar-refractivity contribution in [3.63, 3.8) is 0 Å². The number of carbonyl (C=O) groups is 1. The Balaban J connectivity index is 1.85. The molecule has 0 spiro atoms. The number of nitrogens with one attached hydrogen (secondary N) is 1. The van der Waals surface area contributed by atoms with Crippen LogP contribution in [0.3, 0.4) is 0 Å². The van der Waals surface area contributed by atoms with Gasteiger partial charge in [-0.05, 0) is 53.7 Å². The summed E-state index contributed by atoms with van der Waals surface area (Å²) in [6.07, 6.45) is -3.07. The predicted molar refractivity (Wildman–Crippen MR) is 93.7 cm³/mol. The minimum atomic E-state index is -4.60. The van der Waals surface area contributed by atoms with E-state index in [2.05, 4.69) is 10.3 Å². The number of hydrogen-bond acceptors (Lipinski definition) is 3. The summed E-state index contributed by atoms with van der Waals surface area (Å²) >= 11 is 6.54. The van der Waals surface area contributed by atoms with Gasteiger partial charge >= 0.3 is 6.18 Å². The van der Waals surface area contributed by atoms with Gasteiger partial charge in [-0.3, -0.25) is 4.79 Å². The summed E-state index contributed by atoms with van der Waals surface area (Å²) in [7, 11) is 0. The maximum atomic E-state index is 12.9. The molecule has 0 aliphatic carbocycles. The van der Waals surface area contributed by atoms with Gasteiger partial charge in [0, 0.05) is 0 Å². The Hall–Kier alpha value is -2.32. The second-order valence-corrected chi connectivity index (χ2v) is 6.63. The molecule has 0 aromatic heterocycles. The maximum Gasteiger partial charge on any atom is 0.417 e. The fourth-order valence-corrected chi connectivity index (χ4v) is 3.17. The van der Waals surface area contributed by atoms with Gasteiger partial charge in [0.15, 0.2) is 5.17 Å². The SMILES string of the molecule is O=C1NC(=Nc2ccc(Cl)c(C(F)(F)F)c2)SC1=Cc1ccc(F)cc1. The first-order valence-corrected chi connectivity index (χ1v) is 8.34.